The number of hydrogen-bond donors (Lipinski definition) is 2. The van der Waals surface area contributed by atoms with Crippen molar-refractivity contribution in [2.24, 2.45) is 0 Å². The number of pyridine rings is 1. The molecule has 0 bridgehead atoms. The van der Waals surface area contributed by atoms with E-state index < -0.39 is 5.82 Å². The SMILES string of the molecule is Nc1ccc(F)c(NC(=O)CCOc2cncc(Br)c2)c1. The third kappa shape index (κ3) is 4.71. The summed E-state index contributed by atoms with van der Waals surface area (Å²) >= 11 is 3.27. The monoisotopic (exact) mass is 353 g/mol. The Morgan fingerprint density at radius 1 is 1.38 bits per heavy atom. The maximum atomic E-state index is 13.4. The zero-order valence-electron chi connectivity index (χ0n) is 11.0. The van der Waals surface area contributed by atoms with Gasteiger partial charge >= 0.3 is 0 Å². The summed E-state index contributed by atoms with van der Waals surface area (Å²) < 4.78 is 19.6. The van der Waals surface area contributed by atoms with E-state index in [2.05, 4.69) is 26.2 Å². The highest BCUT2D eigenvalue weighted by molar-refractivity contribution is 9.10. The normalized spacial score (nSPS) is 10.2. The number of hydrogen-bond acceptors (Lipinski definition) is 4. The number of amides is 1. The van der Waals surface area contributed by atoms with E-state index in [9.17, 15) is 9.18 Å². The number of nitrogens with two attached hydrogens (primary N) is 1. The van der Waals surface area contributed by atoms with Gasteiger partial charge in [-0.05, 0) is 40.2 Å². The fraction of sp³-hybridized carbons (Fsp3) is 0.143. The number of carbonyl (C=O) groups is 1. The molecule has 2 rings (SSSR count). The molecule has 3 N–H and O–H groups in total. The minimum Gasteiger partial charge on any atom is -0.491 e. The van der Waals surface area contributed by atoms with Gasteiger partial charge in [-0.25, -0.2) is 4.39 Å². The lowest BCUT2D eigenvalue weighted by atomic mass is 10.2. The van der Waals surface area contributed by atoms with Crippen LogP contribution < -0.4 is 15.8 Å². The molecule has 21 heavy (non-hydrogen) atoms. The average molecular weight is 354 g/mol. The van der Waals surface area contributed by atoms with Gasteiger partial charge in [-0.15, -0.1) is 0 Å². The summed E-state index contributed by atoms with van der Waals surface area (Å²) in [5, 5.41) is 2.45. The zero-order valence-corrected chi connectivity index (χ0v) is 12.6. The summed E-state index contributed by atoms with van der Waals surface area (Å²) in [7, 11) is 0. The second kappa shape index (κ2) is 7.03. The number of nitrogens with zero attached hydrogens (tertiary/aromatic N) is 1. The third-order valence-corrected chi connectivity index (χ3v) is 2.98. The Bertz CT molecular complexity index is 652. The van der Waals surface area contributed by atoms with Crippen LogP contribution in [0.3, 0.4) is 0 Å². The zero-order chi connectivity index (χ0) is 15.2. The van der Waals surface area contributed by atoms with Crippen LogP contribution in [0.25, 0.3) is 0 Å². The Balaban J connectivity index is 1.84. The first-order valence-corrected chi connectivity index (χ1v) is 6.92. The van der Waals surface area contributed by atoms with E-state index in [1.807, 2.05) is 0 Å². The Morgan fingerprint density at radius 3 is 2.95 bits per heavy atom. The van der Waals surface area contributed by atoms with Crippen LogP contribution in [0.1, 0.15) is 6.42 Å². The third-order valence-electron chi connectivity index (χ3n) is 2.54. The van der Waals surface area contributed by atoms with E-state index in [-0.39, 0.29) is 24.6 Å². The second-order valence-corrected chi connectivity index (χ2v) is 5.14. The van der Waals surface area contributed by atoms with Crippen LogP contribution in [-0.4, -0.2) is 17.5 Å². The Labute approximate surface area is 129 Å². The number of anilines is 2. The van der Waals surface area contributed by atoms with Crippen molar-refractivity contribution in [3.8, 4) is 5.75 Å². The van der Waals surface area contributed by atoms with Gasteiger partial charge in [0.1, 0.15) is 11.6 Å². The molecule has 0 atom stereocenters. The molecular weight excluding hydrogens is 341 g/mol. The van der Waals surface area contributed by atoms with Crippen LogP contribution in [0, 0.1) is 5.82 Å². The topological polar surface area (TPSA) is 77.2 Å². The molecule has 7 heteroatoms. The Morgan fingerprint density at radius 2 is 2.19 bits per heavy atom. The predicted octanol–water partition coefficient (Wildman–Crippen LogP) is 2.97. The lowest BCUT2D eigenvalue weighted by Gasteiger charge is -2.08. The number of carbonyl (C=O) groups excluding carboxylic acids is 1. The summed E-state index contributed by atoms with van der Waals surface area (Å²) in [5.41, 5.74) is 5.98. The molecule has 0 saturated heterocycles. The van der Waals surface area contributed by atoms with E-state index in [0.29, 0.717) is 11.4 Å². The standard InChI is InChI=1S/C14H13BrFN3O2/c15-9-5-11(8-18-7-9)21-4-3-14(20)19-13-6-10(17)1-2-12(13)16/h1-2,5-8H,3-4,17H2,(H,19,20). The Kier molecular flexibility index (Phi) is 5.10. The van der Waals surface area contributed by atoms with Crippen molar-refractivity contribution in [1.29, 1.82) is 0 Å². The van der Waals surface area contributed by atoms with E-state index in [1.54, 1.807) is 18.5 Å². The number of nitrogen functional groups attached to an aromatic ring is 1. The molecule has 0 radical (unpaired) electrons. The molecule has 0 aliphatic rings. The second-order valence-electron chi connectivity index (χ2n) is 4.22. The van der Waals surface area contributed by atoms with Crippen LogP contribution >= 0.6 is 15.9 Å². The number of nitrogens with one attached hydrogen (secondary N) is 1. The highest BCUT2D eigenvalue weighted by Gasteiger charge is 2.08. The van der Waals surface area contributed by atoms with Gasteiger partial charge in [0, 0.05) is 16.4 Å². The number of halogens is 2. The molecule has 1 heterocycles. The lowest BCUT2D eigenvalue weighted by molar-refractivity contribution is -0.116. The smallest absolute Gasteiger partial charge is 0.227 e. The molecule has 2 aromatic rings. The molecule has 0 aliphatic heterocycles. The van der Waals surface area contributed by atoms with E-state index in [4.69, 9.17) is 10.5 Å². The lowest BCUT2D eigenvalue weighted by Crippen LogP contribution is -2.16. The fourth-order valence-electron chi connectivity index (χ4n) is 1.58. The molecule has 0 fully saturated rings. The number of benzene rings is 1. The van der Waals surface area contributed by atoms with Crippen LogP contribution in [0.4, 0.5) is 15.8 Å². The van der Waals surface area contributed by atoms with E-state index >= 15 is 0 Å². The van der Waals surface area contributed by atoms with Crippen molar-refractivity contribution in [1.82, 2.24) is 4.98 Å². The molecule has 0 aliphatic carbocycles. The number of ether oxygens (including phenoxy) is 1. The largest absolute Gasteiger partial charge is 0.491 e. The molecule has 1 aromatic carbocycles. The summed E-state index contributed by atoms with van der Waals surface area (Å²) in [6, 6.07) is 5.73. The minimum absolute atomic E-state index is 0.0594. The van der Waals surface area contributed by atoms with Gasteiger partial charge in [0.25, 0.3) is 0 Å². The quantitative estimate of drug-likeness (QED) is 0.810. The summed E-state index contributed by atoms with van der Waals surface area (Å²) in [6.07, 6.45) is 3.25. The van der Waals surface area contributed by atoms with Crippen LogP contribution in [0.15, 0.2) is 41.1 Å². The van der Waals surface area contributed by atoms with Crippen molar-refractivity contribution in [3.63, 3.8) is 0 Å². The first-order valence-electron chi connectivity index (χ1n) is 6.13. The van der Waals surface area contributed by atoms with Gasteiger partial charge in [0.2, 0.25) is 5.91 Å². The van der Waals surface area contributed by atoms with Gasteiger partial charge in [0.05, 0.1) is 24.9 Å². The van der Waals surface area contributed by atoms with Gasteiger partial charge in [0.15, 0.2) is 0 Å². The number of rotatable bonds is 5. The van der Waals surface area contributed by atoms with Crippen molar-refractivity contribution < 1.29 is 13.9 Å². The van der Waals surface area contributed by atoms with Crippen LogP contribution in [0.5, 0.6) is 5.75 Å². The number of aromatic nitrogens is 1. The van der Waals surface area contributed by atoms with Gasteiger partial charge in [-0.1, -0.05) is 0 Å². The predicted molar refractivity (Wildman–Crippen MR) is 81.5 cm³/mol. The molecule has 0 spiro atoms. The molecular formula is C14H13BrFN3O2. The van der Waals surface area contributed by atoms with Gasteiger partial charge in [-0.2, -0.15) is 0 Å². The maximum absolute atomic E-state index is 13.4. The van der Waals surface area contributed by atoms with Crippen LogP contribution in [0.2, 0.25) is 0 Å². The van der Waals surface area contributed by atoms with Gasteiger partial charge < -0.3 is 15.8 Å². The minimum atomic E-state index is -0.533. The van der Waals surface area contributed by atoms with Crippen LogP contribution in [-0.2, 0) is 4.79 Å². The first kappa shape index (κ1) is 15.2. The molecule has 5 nitrogen and oxygen atoms in total. The summed E-state index contributed by atoms with van der Waals surface area (Å²) in [5.74, 6) is -0.343. The van der Waals surface area contributed by atoms with E-state index in [1.165, 1.54) is 18.2 Å². The average Bonchev–Trinajstić information content (AvgIpc) is 2.43. The van der Waals surface area contributed by atoms with E-state index in [0.717, 1.165) is 4.47 Å². The Hall–Kier alpha value is -2.15. The molecule has 1 amide bonds. The van der Waals surface area contributed by atoms with Crippen molar-refractivity contribution >= 4 is 33.2 Å². The first-order chi connectivity index (χ1) is 10.0. The molecule has 1 aromatic heterocycles. The molecule has 0 saturated carbocycles. The highest BCUT2D eigenvalue weighted by Crippen LogP contribution is 2.18. The summed E-state index contributed by atoms with van der Waals surface area (Å²) in [6.45, 7) is 0.161. The van der Waals surface area contributed by atoms with Crippen molar-refractivity contribution in [2.75, 3.05) is 17.7 Å². The van der Waals surface area contributed by atoms with Crippen molar-refractivity contribution in [2.45, 2.75) is 6.42 Å². The van der Waals surface area contributed by atoms with Crippen molar-refractivity contribution in [3.05, 3.63) is 46.9 Å². The molecule has 110 valence electrons. The maximum Gasteiger partial charge on any atom is 0.227 e. The highest BCUT2D eigenvalue weighted by atomic mass is 79.9. The van der Waals surface area contributed by atoms with Gasteiger partial charge in [-0.3, -0.25) is 9.78 Å². The summed E-state index contributed by atoms with van der Waals surface area (Å²) in [4.78, 5) is 15.6. The fourth-order valence-corrected chi connectivity index (χ4v) is 1.93. The molecule has 0 unspecified atom stereocenters.